The third-order valence-corrected chi connectivity index (χ3v) is 7.76. The first-order chi connectivity index (χ1) is 14.9. The molecule has 2 aromatic carbocycles. The molecule has 8 nitrogen and oxygen atoms in total. The maximum absolute atomic E-state index is 13.6. The van der Waals surface area contributed by atoms with Crippen LogP contribution in [0.5, 0.6) is 11.5 Å². The zero-order valence-corrected chi connectivity index (χ0v) is 17.9. The third-order valence-electron chi connectivity index (χ3n) is 5.52. The largest absolute Gasteiger partial charge is 0.465 e. The summed E-state index contributed by atoms with van der Waals surface area (Å²) in [6.07, 6.45) is 0. The van der Waals surface area contributed by atoms with Crippen molar-refractivity contribution < 1.29 is 37.0 Å². The fraction of sp³-hybridized carbons (Fsp3) is 0.364. The maximum atomic E-state index is 13.6. The Balaban J connectivity index is 1.88. The standard InChI is InChI=1S/C22H22O8S/c1-3-27-20(23)22(21(24)28-4-2)18(14-10-11-16-17(12-14)30-13-29-16)19(22)31(25,26)15-8-6-5-7-9-15/h5-12,18-19H,3-4,13H2,1-2H3. The molecule has 1 fully saturated rings. The predicted molar refractivity (Wildman–Crippen MR) is 108 cm³/mol. The molecule has 1 aliphatic carbocycles. The minimum atomic E-state index is -4.09. The van der Waals surface area contributed by atoms with E-state index in [1.54, 1.807) is 50.2 Å². The Morgan fingerprint density at radius 3 is 2.19 bits per heavy atom. The van der Waals surface area contributed by atoms with Crippen LogP contribution in [-0.4, -0.2) is 45.6 Å². The first kappa shape index (κ1) is 21.2. The highest BCUT2D eigenvalue weighted by atomic mass is 32.2. The van der Waals surface area contributed by atoms with Crippen molar-refractivity contribution in [2.45, 2.75) is 29.9 Å². The summed E-state index contributed by atoms with van der Waals surface area (Å²) in [6.45, 7) is 3.21. The number of rotatable bonds is 7. The predicted octanol–water partition coefficient (Wildman–Crippen LogP) is 2.47. The Morgan fingerprint density at radius 1 is 0.968 bits per heavy atom. The van der Waals surface area contributed by atoms with E-state index in [0.29, 0.717) is 17.1 Å². The molecule has 164 valence electrons. The van der Waals surface area contributed by atoms with Gasteiger partial charge in [0.1, 0.15) is 5.25 Å². The number of esters is 2. The summed E-state index contributed by atoms with van der Waals surface area (Å²) in [5.41, 5.74) is -1.55. The molecule has 0 saturated heterocycles. The molecular formula is C22H22O8S. The second kappa shape index (κ2) is 7.88. The second-order valence-corrected chi connectivity index (χ2v) is 9.25. The molecule has 2 aliphatic rings. The fourth-order valence-electron chi connectivity index (χ4n) is 4.15. The monoisotopic (exact) mass is 446 g/mol. The van der Waals surface area contributed by atoms with Crippen molar-refractivity contribution in [1.29, 1.82) is 0 Å². The number of carbonyl (C=O) groups is 2. The topological polar surface area (TPSA) is 105 Å². The number of hydrogen-bond acceptors (Lipinski definition) is 8. The van der Waals surface area contributed by atoms with Gasteiger partial charge in [-0.2, -0.15) is 0 Å². The molecule has 1 aliphatic heterocycles. The van der Waals surface area contributed by atoms with Gasteiger partial charge in [0.15, 0.2) is 26.8 Å². The molecule has 1 saturated carbocycles. The summed E-state index contributed by atoms with van der Waals surface area (Å²) < 4.78 is 48.2. The van der Waals surface area contributed by atoms with E-state index in [4.69, 9.17) is 18.9 Å². The van der Waals surface area contributed by atoms with Crippen LogP contribution in [0.3, 0.4) is 0 Å². The molecule has 9 heteroatoms. The summed E-state index contributed by atoms with van der Waals surface area (Å²) in [5, 5.41) is -1.37. The first-order valence-corrected chi connectivity index (χ1v) is 11.5. The Bertz CT molecular complexity index is 1090. The molecule has 1 heterocycles. The van der Waals surface area contributed by atoms with Crippen molar-refractivity contribution in [3.05, 3.63) is 54.1 Å². The van der Waals surface area contributed by atoms with E-state index in [1.165, 1.54) is 12.1 Å². The van der Waals surface area contributed by atoms with Gasteiger partial charge in [0, 0.05) is 5.92 Å². The maximum Gasteiger partial charge on any atom is 0.325 e. The number of hydrogen-bond donors (Lipinski definition) is 0. The second-order valence-electron chi connectivity index (χ2n) is 7.18. The van der Waals surface area contributed by atoms with E-state index in [2.05, 4.69) is 0 Å². The average molecular weight is 446 g/mol. The van der Waals surface area contributed by atoms with Crippen molar-refractivity contribution in [2.24, 2.45) is 5.41 Å². The average Bonchev–Trinajstić information content (AvgIpc) is 3.29. The van der Waals surface area contributed by atoms with Crippen LogP contribution in [0.1, 0.15) is 25.3 Å². The molecule has 0 radical (unpaired) electrons. The van der Waals surface area contributed by atoms with Gasteiger partial charge in [-0.05, 0) is 43.7 Å². The molecule has 2 atom stereocenters. The van der Waals surface area contributed by atoms with Gasteiger partial charge in [0.2, 0.25) is 6.79 Å². The molecule has 31 heavy (non-hydrogen) atoms. The van der Waals surface area contributed by atoms with Crippen LogP contribution in [0, 0.1) is 5.41 Å². The lowest BCUT2D eigenvalue weighted by Gasteiger charge is -2.15. The van der Waals surface area contributed by atoms with Crippen molar-refractivity contribution in [2.75, 3.05) is 20.0 Å². The van der Waals surface area contributed by atoms with Crippen LogP contribution in [0.4, 0.5) is 0 Å². The summed E-state index contributed by atoms with van der Waals surface area (Å²) >= 11 is 0. The number of fused-ring (bicyclic) bond motifs is 1. The van der Waals surface area contributed by atoms with Crippen molar-refractivity contribution in [3.63, 3.8) is 0 Å². The lowest BCUT2D eigenvalue weighted by Crippen LogP contribution is -2.35. The lowest BCUT2D eigenvalue weighted by molar-refractivity contribution is -0.164. The van der Waals surface area contributed by atoms with E-state index in [1.807, 2.05) is 0 Å². The Hall–Kier alpha value is -3.07. The van der Waals surface area contributed by atoms with E-state index in [0.717, 1.165) is 0 Å². The van der Waals surface area contributed by atoms with Gasteiger partial charge < -0.3 is 18.9 Å². The number of carbonyl (C=O) groups excluding carboxylic acids is 2. The number of ether oxygens (including phenoxy) is 4. The molecule has 0 amide bonds. The first-order valence-electron chi connectivity index (χ1n) is 9.91. The highest BCUT2D eigenvalue weighted by molar-refractivity contribution is 7.92. The van der Waals surface area contributed by atoms with Crippen LogP contribution >= 0.6 is 0 Å². The van der Waals surface area contributed by atoms with Crippen LogP contribution in [0.15, 0.2) is 53.4 Å². The normalized spacial score (nSPS) is 20.7. The highest BCUT2D eigenvalue weighted by Crippen LogP contribution is 2.66. The Kier molecular flexibility index (Phi) is 5.38. The van der Waals surface area contributed by atoms with E-state index in [9.17, 15) is 18.0 Å². The summed E-state index contributed by atoms with van der Waals surface area (Å²) in [7, 11) is -4.09. The van der Waals surface area contributed by atoms with Crippen LogP contribution in [-0.2, 0) is 28.9 Å². The lowest BCUT2D eigenvalue weighted by atomic mass is 9.98. The minimum Gasteiger partial charge on any atom is -0.465 e. The van der Waals surface area contributed by atoms with Crippen molar-refractivity contribution >= 4 is 21.8 Å². The van der Waals surface area contributed by atoms with Gasteiger partial charge in [-0.15, -0.1) is 0 Å². The molecule has 2 unspecified atom stereocenters. The van der Waals surface area contributed by atoms with E-state index in [-0.39, 0.29) is 24.9 Å². The molecular weight excluding hydrogens is 424 g/mol. The highest BCUT2D eigenvalue weighted by Gasteiger charge is 2.81. The van der Waals surface area contributed by atoms with Gasteiger partial charge >= 0.3 is 11.9 Å². The molecule has 0 N–H and O–H groups in total. The van der Waals surface area contributed by atoms with Gasteiger partial charge in [0.25, 0.3) is 0 Å². The van der Waals surface area contributed by atoms with E-state index >= 15 is 0 Å². The van der Waals surface area contributed by atoms with E-state index < -0.39 is 38.4 Å². The molecule has 4 rings (SSSR count). The minimum absolute atomic E-state index is 0.00798. The van der Waals surface area contributed by atoms with Crippen molar-refractivity contribution in [1.82, 2.24) is 0 Å². The molecule has 0 aromatic heterocycles. The summed E-state index contributed by atoms with van der Waals surface area (Å²) in [6, 6.07) is 12.6. The smallest absolute Gasteiger partial charge is 0.325 e. The summed E-state index contributed by atoms with van der Waals surface area (Å²) in [4.78, 5) is 26.2. The molecule has 0 spiro atoms. The quantitative estimate of drug-likeness (QED) is 0.472. The number of benzene rings is 2. The zero-order chi connectivity index (χ0) is 22.2. The van der Waals surface area contributed by atoms with Crippen LogP contribution < -0.4 is 9.47 Å². The van der Waals surface area contributed by atoms with Crippen molar-refractivity contribution in [3.8, 4) is 11.5 Å². The number of sulfone groups is 1. The SMILES string of the molecule is CCOC(=O)C1(C(=O)OCC)C(c2ccc3c(c2)OCO3)C1S(=O)(=O)c1ccccc1. The van der Waals surface area contributed by atoms with Gasteiger partial charge in [-0.3, -0.25) is 9.59 Å². The fourth-order valence-corrected chi connectivity index (χ4v) is 6.46. The van der Waals surface area contributed by atoms with Crippen LogP contribution in [0.2, 0.25) is 0 Å². The van der Waals surface area contributed by atoms with Crippen LogP contribution in [0.25, 0.3) is 0 Å². The summed E-state index contributed by atoms with van der Waals surface area (Å²) in [5.74, 6) is -1.90. The molecule has 0 bridgehead atoms. The molecule has 2 aromatic rings. The Morgan fingerprint density at radius 2 is 1.58 bits per heavy atom. The van der Waals surface area contributed by atoms with Gasteiger partial charge in [-0.1, -0.05) is 24.3 Å². The van der Waals surface area contributed by atoms with Gasteiger partial charge in [0.05, 0.1) is 18.1 Å². The third kappa shape index (κ3) is 3.23. The van der Waals surface area contributed by atoms with Gasteiger partial charge in [-0.25, -0.2) is 8.42 Å². The zero-order valence-electron chi connectivity index (χ0n) is 17.1. The Labute approximate surface area is 180 Å².